The molecule has 0 aliphatic heterocycles. The summed E-state index contributed by atoms with van der Waals surface area (Å²) in [4.78, 5) is 19.4. The summed E-state index contributed by atoms with van der Waals surface area (Å²) >= 11 is 0. The molecule has 1 aromatic carbocycles. The molecule has 0 radical (unpaired) electrons. The molecule has 0 fully saturated rings. The van der Waals surface area contributed by atoms with Crippen molar-refractivity contribution < 1.29 is 9.90 Å². The van der Waals surface area contributed by atoms with Gasteiger partial charge >= 0.3 is 5.97 Å². The third-order valence-corrected chi connectivity index (χ3v) is 3.44. The van der Waals surface area contributed by atoms with E-state index in [-0.39, 0.29) is 5.56 Å². The Kier molecular flexibility index (Phi) is 4.73. The molecule has 1 unspecified atom stereocenters. The highest BCUT2D eigenvalue weighted by Crippen LogP contribution is 2.22. The van der Waals surface area contributed by atoms with Gasteiger partial charge in [-0.05, 0) is 43.9 Å². The van der Waals surface area contributed by atoms with E-state index in [1.807, 2.05) is 0 Å². The van der Waals surface area contributed by atoms with E-state index in [0.29, 0.717) is 17.5 Å². The maximum absolute atomic E-state index is 11.0. The lowest BCUT2D eigenvalue weighted by molar-refractivity contribution is 0.0697. The molecule has 5 heteroatoms. The molecular weight excluding hydrogens is 266 g/mol. The second kappa shape index (κ2) is 6.52. The number of hydrogen-bond donors (Lipinski definition) is 2. The van der Waals surface area contributed by atoms with Gasteiger partial charge in [0, 0.05) is 11.4 Å². The van der Waals surface area contributed by atoms with Crippen LogP contribution < -0.4 is 5.32 Å². The van der Waals surface area contributed by atoms with Gasteiger partial charge in [-0.3, -0.25) is 0 Å². The molecule has 0 bridgehead atoms. The second-order valence-electron chi connectivity index (χ2n) is 5.78. The Morgan fingerprint density at radius 1 is 1.24 bits per heavy atom. The highest BCUT2D eigenvalue weighted by Gasteiger charge is 2.10. The van der Waals surface area contributed by atoms with Crippen LogP contribution in [0.25, 0.3) is 10.9 Å². The molecule has 5 nitrogen and oxygen atoms in total. The zero-order valence-corrected chi connectivity index (χ0v) is 12.6. The normalized spacial score (nSPS) is 12.6. The smallest absolute Gasteiger partial charge is 0.335 e. The molecule has 1 heterocycles. The average molecular weight is 287 g/mol. The van der Waals surface area contributed by atoms with Gasteiger partial charge in [0.15, 0.2) is 0 Å². The van der Waals surface area contributed by atoms with Crippen molar-refractivity contribution in [2.24, 2.45) is 5.92 Å². The van der Waals surface area contributed by atoms with Crippen molar-refractivity contribution in [3.63, 3.8) is 0 Å². The van der Waals surface area contributed by atoms with Crippen molar-refractivity contribution >= 4 is 22.7 Å². The fraction of sp³-hybridized carbons (Fsp3) is 0.438. The van der Waals surface area contributed by atoms with Crippen molar-refractivity contribution in [2.45, 2.75) is 39.7 Å². The first kappa shape index (κ1) is 15.2. The Morgan fingerprint density at radius 3 is 2.67 bits per heavy atom. The van der Waals surface area contributed by atoms with Crippen LogP contribution >= 0.6 is 0 Å². The number of fused-ring (bicyclic) bond motifs is 1. The van der Waals surface area contributed by atoms with E-state index in [0.717, 1.165) is 24.0 Å². The minimum Gasteiger partial charge on any atom is -0.478 e. The van der Waals surface area contributed by atoms with Crippen LogP contribution in [0.5, 0.6) is 0 Å². The van der Waals surface area contributed by atoms with Gasteiger partial charge < -0.3 is 10.4 Å². The van der Waals surface area contributed by atoms with Crippen molar-refractivity contribution in [2.75, 3.05) is 5.32 Å². The number of carboxylic acids is 1. The number of nitrogens with zero attached hydrogens (tertiary/aromatic N) is 2. The Morgan fingerprint density at radius 2 is 2.00 bits per heavy atom. The molecule has 2 N–H and O–H groups in total. The molecule has 1 atom stereocenters. The van der Waals surface area contributed by atoms with E-state index in [2.05, 4.69) is 36.1 Å². The van der Waals surface area contributed by atoms with Crippen LogP contribution in [0.2, 0.25) is 0 Å². The van der Waals surface area contributed by atoms with E-state index in [4.69, 9.17) is 5.11 Å². The van der Waals surface area contributed by atoms with E-state index < -0.39 is 5.97 Å². The van der Waals surface area contributed by atoms with Gasteiger partial charge in [0.25, 0.3) is 0 Å². The molecule has 0 aliphatic rings. The number of aromatic nitrogens is 2. The molecule has 2 rings (SSSR count). The quantitative estimate of drug-likeness (QED) is 0.849. The van der Waals surface area contributed by atoms with E-state index >= 15 is 0 Å². The molecule has 2 aromatic rings. The fourth-order valence-corrected chi connectivity index (χ4v) is 2.19. The monoisotopic (exact) mass is 287 g/mol. The summed E-state index contributed by atoms with van der Waals surface area (Å²) in [7, 11) is 0. The van der Waals surface area contributed by atoms with Crippen LogP contribution in [-0.2, 0) is 0 Å². The summed E-state index contributed by atoms with van der Waals surface area (Å²) in [5.74, 6) is 0.484. The number of aromatic carboxylic acids is 1. The molecule has 21 heavy (non-hydrogen) atoms. The lowest BCUT2D eigenvalue weighted by Gasteiger charge is -2.16. The summed E-state index contributed by atoms with van der Waals surface area (Å²) in [6.45, 7) is 6.54. The molecular formula is C16H21N3O2. The molecule has 0 saturated carbocycles. The van der Waals surface area contributed by atoms with E-state index in [1.54, 1.807) is 18.2 Å². The summed E-state index contributed by atoms with van der Waals surface area (Å²) in [6.07, 6.45) is 3.68. The lowest BCUT2D eigenvalue weighted by atomic mass is 10.0. The predicted molar refractivity (Wildman–Crippen MR) is 83.7 cm³/mol. The van der Waals surface area contributed by atoms with Gasteiger partial charge in [0.1, 0.15) is 12.1 Å². The maximum Gasteiger partial charge on any atom is 0.335 e. The SMILES string of the molecule is CC(C)CCC(C)Nc1ncnc2cc(C(=O)O)ccc12. The molecule has 0 saturated heterocycles. The van der Waals surface area contributed by atoms with Crippen molar-refractivity contribution in [3.05, 3.63) is 30.1 Å². The van der Waals surface area contributed by atoms with Gasteiger partial charge in [-0.15, -0.1) is 0 Å². The van der Waals surface area contributed by atoms with Crippen LogP contribution in [-0.4, -0.2) is 27.1 Å². The number of carbonyl (C=O) groups is 1. The summed E-state index contributed by atoms with van der Waals surface area (Å²) in [5.41, 5.74) is 0.878. The third-order valence-electron chi connectivity index (χ3n) is 3.44. The molecule has 0 aliphatic carbocycles. The van der Waals surface area contributed by atoms with Crippen LogP contribution in [0.4, 0.5) is 5.82 Å². The number of nitrogens with one attached hydrogen (secondary N) is 1. The first-order valence-corrected chi connectivity index (χ1v) is 7.22. The van der Waals surface area contributed by atoms with Crippen LogP contribution in [0, 0.1) is 5.92 Å². The highest BCUT2D eigenvalue weighted by molar-refractivity contribution is 5.96. The number of rotatable bonds is 6. The number of hydrogen-bond acceptors (Lipinski definition) is 4. The first-order valence-electron chi connectivity index (χ1n) is 7.22. The maximum atomic E-state index is 11.0. The van der Waals surface area contributed by atoms with Gasteiger partial charge in [0.2, 0.25) is 0 Å². The fourth-order valence-electron chi connectivity index (χ4n) is 2.19. The molecule has 112 valence electrons. The molecule has 0 spiro atoms. The van der Waals surface area contributed by atoms with Gasteiger partial charge in [-0.25, -0.2) is 14.8 Å². The number of anilines is 1. The summed E-state index contributed by atoms with van der Waals surface area (Å²) < 4.78 is 0. The molecule has 0 amide bonds. The minimum absolute atomic E-state index is 0.236. The van der Waals surface area contributed by atoms with E-state index in [9.17, 15) is 4.79 Å². The first-order chi connectivity index (χ1) is 9.97. The van der Waals surface area contributed by atoms with Crippen molar-refractivity contribution in [1.29, 1.82) is 0 Å². The van der Waals surface area contributed by atoms with Gasteiger partial charge in [0.05, 0.1) is 11.1 Å². The van der Waals surface area contributed by atoms with Gasteiger partial charge in [-0.2, -0.15) is 0 Å². The predicted octanol–water partition coefficient (Wildman–Crippen LogP) is 3.56. The van der Waals surface area contributed by atoms with Crippen molar-refractivity contribution in [1.82, 2.24) is 9.97 Å². The average Bonchev–Trinajstić information content (AvgIpc) is 2.45. The Balaban J connectivity index is 2.22. The van der Waals surface area contributed by atoms with Crippen LogP contribution in [0.15, 0.2) is 24.5 Å². The summed E-state index contributed by atoms with van der Waals surface area (Å²) in [6, 6.07) is 5.22. The number of benzene rings is 1. The Labute approximate surface area is 124 Å². The molecule has 1 aromatic heterocycles. The van der Waals surface area contributed by atoms with E-state index in [1.165, 1.54) is 6.33 Å². The van der Waals surface area contributed by atoms with Gasteiger partial charge in [-0.1, -0.05) is 13.8 Å². The largest absolute Gasteiger partial charge is 0.478 e. The Hall–Kier alpha value is -2.17. The zero-order valence-electron chi connectivity index (χ0n) is 12.6. The minimum atomic E-state index is -0.949. The second-order valence-corrected chi connectivity index (χ2v) is 5.78. The standard InChI is InChI=1S/C16H21N3O2/c1-10(2)4-5-11(3)19-15-13-7-6-12(16(20)21)8-14(13)17-9-18-15/h6-11H,4-5H2,1-3H3,(H,20,21)(H,17,18,19). The highest BCUT2D eigenvalue weighted by atomic mass is 16.4. The lowest BCUT2D eigenvalue weighted by Crippen LogP contribution is -2.17. The zero-order chi connectivity index (χ0) is 15.4. The summed E-state index contributed by atoms with van der Waals surface area (Å²) in [5, 5.41) is 13.3. The number of carboxylic acid groups (broad SMARTS) is 1. The van der Waals surface area contributed by atoms with Crippen molar-refractivity contribution in [3.8, 4) is 0 Å². The topological polar surface area (TPSA) is 75.1 Å². The Bertz CT molecular complexity index is 640. The third kappa shape index (κ3) is 3.90. The van der Waals surface area contributed by atoms with Crippen LogP contribution in [0.1, 0.15) is 44.0 Å². The van der Waals surface area contributed by atoms with Crippen LogP contribution in [0.3, 0.4) is 0 Å².